The molecule has 1 atom stereocenters. The van der Waals surface area contributed by atoms with Gasteiger partial charge in [-0.2, -0.15) is 0 Å². The Morgan fingerprint density at radius 3 is 1.71 bits per heavy atom. The lowest BCUT2D eigenvalue weighted by molar-refractivity contribution is 0.793. The molecule has 1 spiro atoms. The van der Waals surface area contributed by atoms with Crippen LogP contribution in [0, 0.1) is 0 Å². The summed E-state index contributed by atoms with van der Waals surface area (Å²) < 4.78 is 46.0. The third-order valence-electron chi connectivity index (χ3n) is 12.5. The third kappa shape index (κ3) is 4.76. The molecule has 278 valence electrons. The van der Waals surface area contributed by atoms with E-state index in [0.717, 1.165) is 39.3 Å². The fourth-order valence-corrected chi connectivity index (χ4v) is 10.1. The van der Waals surface area contributed by atoms with Gasteiger partial charge in [0, 0.05) is 51.8 Å². The lowest BCUT2D eigenvalue weighted by atomic mass is 9.70. The molecule has 0 amide bonds. The summed E-state index contributed by atoms with van der Waals surface area (Å²) in [5.41, 5.74) is 15.5. The van der Waals surface area contributed by atoms with Crippen LogP contribution >= 0.6 is 0 Å². The number of hydrogen-bond acceptors (Lipinski definition) is 2. The van der Waals surface area contributed by atoms with E-state index in [0.29, 0.717) is 11.4 Å². The fourth-order valence-electron chi connectivity index (χ4n) is 10.1. The lowest BCUT2D eigenvalue weighted by Gasteiger charge is -2.33. The van der Waals surface area contributed by atoms with Crippen LogP contribution in [0.5, 0.6) is 0 Å². The number of aryl methyl sites for hydroxylation is 1. The summed E-state index contributed by atoms with van der Waals surface area (Å²) in [6, 6.07) is 64.4. The van der Waals surface area contributed by atoms with E-state index in [9.17, 15) is 0 Å². The summed E-state index contributed by atoms with van der Waals surface area (Å²) in [7, 11) is 2.14. The molecule has 12 rings (SSSR count). The van der Waals surface area contributed by atoms with Crippen LogP contribution in [0.15, 0.2) is 218 Å². The molecule has 9 aromatic carbocycles. The molecule has 0 bridgehead atoms. The number of anilines is 6. The quantitative estimate of drug-likeness (QED) is 0.167. The van der Waals surface area contributed by atoms with Crippen LogP contribution in [0.25, 0.3) is 44.1 Å². The zero-order valence-electron chi connectivity index (χ0n) is 37.2. The zero-order chi connectivity index (χ0) is 43.4. The van der Waals surface area contributed by atoms with Crippen molar-refractivity contribution in [1.29, 1.82) is 0 Å². The Morgan fingerprint density at radius 2 is 0.966 bits per heavy atom. The van der Waals surface area contributed by atoms with Crippen molar-refractivity contribution in [2.45, 2.75) is 5.41 Å². The first kappa shape index (κ1) is 28.7. The SMILES string of the molecule is [2H]c1c([2H])c([2H])c(N(c2ccccc2)c2ccc3c(c2)-c2ccccc2C32c3ccccc3-c3ccc(N(c4ccccc4)c4cccc5c4c4ccccc4n5C)cc32)c([2H])c1[2H]. The molecule has 0 fully saturated rings. The Kier molecular flexibility index (Phi) is 6.31. The summed E-state index contributed by atoms with van der Waals surface area (Å²) in [4.78, 5) is 4.20. The highest BCUT2D eigenvalue weighted by Crippen LogP contribution is 2.64. The second-order valence-electron chi connectivity index (χ2n) is 15.4. The molecule has 1 unspecified atom stereocenters. The van der Waals surface area contributed by atoms with Crippen molar-refractivity contribution in [3.63, 3.8) is 0 Å². The molecule has 3 heteroatoms. The Bertz CT molecular complexity index is 3520. The van der Waals surface area contributed by atoms with Crippen molar-refractivity contribution in [2.75, 3.05) is 9.80 Å². The Balaban J connectivity index is 1.12. The van der Waals surface area contributed by atoms with Gasteiger partial charge in [0.2, 0.25) is 0 Å². The van der Waals surface area contributed by atoms with E-state index in [2.05, 4.69) is 168 Å². The van der Waals surface area contributed by atoms with Gasteiger partial charge in [-0.15, -0.1) is 0 Å². The second kappa shape index (κ2) is 13.0. The van der Waals surface area contributed by atoms with Gasteiger partial charge in [0.05, 0.1) is 23.5 Å². The number of para-hydroxylation sites is 4. The molecule has 2 aliphatic carbocycles. The first-order valence-corrected chi connectivity index (χ1v) is 20.0. The first-order chi connectivity index (χ1) is 31.3. The van der Waals surface area contributed by atoms with Crippen LogP contribution in [0.1, 0.15) is 29.1 Å². The van der Waals surface area contributed by atoms with E-state index in [4.69, 9.17) is 6.85 Å². The van der Waals surface area contributed by atoms with Crippen molar-refractivity contribution in [3.05, 3.63) is 241 Å². The summed E-state index contributed by atoms with van der Waals surface area (Å²) in [6.07, 6.45) is 0. The van der Waals surface area contributed by atoms with Gasteiger partial charge >= 0.3 is 0 Å². The average molecular weight is 759 g/mol. The van der Waals surface area contributed by atoms with E-state index in [1.807, 2.05) is 36.4 Å². The minimum atomic E-state index is -0.686. The van der Waals surface area contributed by atoms with Crippen molar-refractivity contribution < 1.29 is 6.85 Å². The molecule has 2 aliphatic rings. The maximum Gasteiger partial charge on any atom is 0.0726 e. The summed E-state index contributed by atoms with van der Waals surface area (Å²) in [5, 5.41) is 2.39. The average Bonchev–Trinajstić information content (AvgIpc) is 3.93. The predicted molar refractivity (Wildman–Crippen MR) is 246 cm³/mol. The maximum atomic E-state index is 9.07. The monoisotopic (exact) mass is 758 g/mol. The number of rotatable bonds is 6. The van der Waals surface area contributed by atoms with Gasteiger partial charge in [0.15, 0.2) is 0 Å². The van der Waals surface area contributed by atoms with Gasteiger partial charge < -0.3 is 14.4 Å². The lowest BCUT2D eigenvalue weighted by Crippen LogP contribution is -2.26. The summed E-state index contributed by atoms with van der Waals surface area (Å²) in [6.45, 7) is 0. The van der Waals surface area contributed by atoms with Gasteiger partial charge in [-0.25, -0.2) is 0 Å². The predicted octanol–water partition coefficient (Wildman–Crippen LogP) is 14.6. The molecule has 0 saturated heterocycles. The third-order valence-corrected chi connectivity index (χ3v) is 12.5. The molecule has 1 heterocycles. The highest BCUT2D eigenvalue weighted by Gasteiger charge is 2.52. The maximum absolute atomic E-state index is 9.07. The van der Waals surface area contributed by atoms with Crippen LogP contribution in [-0.2, 0) is 12.5 Å². The zero-order valence-corrected chi connectivity index (χ0v) is 32.2. The van der Waals surface area contributed by atoms with Crippen molar-refractivity contribution in [3.8, 4) is 22.3 Å². The minimum Gasteiger partial charge on any atom is -0.344 e. The highest BCUT2D eigenvalue weighted by atomic mass is 15.2. The largest absolute Gasteiger partial charge is 0.344 e. The topological polar surface area (TPSA) is 11.4 Å². The number of benzene rings is 9. The molecule has 0 N–H and O–H groups in total. The summed E-state index contributed by atoms with van der Waals surface area (Å²) in [5.74, 6) is 0. The van der Waals surface area contributed by atoms with Gasteiger partial charge in [0.25, 0.3) is 0 Å². The highest BCUT2D eigenvalue weighted by molar-refractivity contribution is 6.15. The van der Waals surface area contributed by atoms with Crippen LogP contribution in [0.4, 0.5) is 34.1 Å². The molecule has 0 radical (unpaired) electrons. The molecular weight excluding hydrogens is 715 g/mol. The Hall–Kier alpha value is -7.62. The van der Waals surface area contributed by atoms with Gasteiger partial charge in [-0.05, 0) is 123 Å². The van der Waals surface area contributed by atoms with Crippen LogP contribution in [0.2, 0.25) is 0 Å². The Morgan fingerprint density at radius 1 is 0.407 bits per heavy atom. The normalized spacial score (nSPS) is 15.8. The minimum absolute atomic E-state index is 0.0987. The van der Waals surface area contributed by atoms with Gasteiger partial charge in [-0.3, -0.25) is 0 Å². The van der Waals surface area contributed by atoms with Crippen molar-refractivity contribution in [1.82, 2.24) is 4.57 Å². The molecule has 0 aliphatic heterocycles. The van der Waals surface area contributed by atoms with Crippen molar-refractivity contribution in [2.24, 2.45) is 7.05 Å². The van der Waals surface area contributed by atoms with E-state index >= 15 is 0 Å². The van der Waals surface area contributed by atoms with Crippen LogP contribution in [-0.4, -0.2) is 4.57 Å². The van der Waals surface area contributed by atoms with Crippen molar-refractivity contribution >= 4 is 55.9 Å². The number of aromatic nitrogens is 1. The van der Waals surface area contributed by atoms with E-state index < -0.39 is 11.5 Å². The van der Waals surface area contributed by atoms with E-state index in [1.54, 1.807) is 4.90 Å². The Labute approximate surface area is 351 Å². The smallest absolute Gasteiger partial charge is 0.0726 e. The summed E-state index contributed by atoms with van der Waals surface area (Å²) >= 11 is 0. The van der Waals surface area contributed by atoms with Crippen LogP contribution in [0.3, 0.4) is 0 Å². The number of fused-ring (bicyclic) bond motifs is 13. The molecule has 3 nitrogen and oxygen atoms in total. The molecular formula is C56H39N3. The van der Waals surface area contributed by atoms with Gasteiger partial charge in [0.1, 0.15) is 0 Å². The second-order valence-corrected chi connectivity index (χ2v) is 15.4. The molecule has 0 saturated carbocycles. The standard InChI is InChI=1S/C56H39N3/c1-57-52-29-16-13-26-46(52)55-53(57)30-17-31-54(55)59(40-22-9-4-10-23-40)42-32-34-45-43-24-11-14-27-48(43)56(51(45)37-42)49-28-15-12-25-44(49)47-36-41(33-35-50(47)56)58(38-18-5-2-6-19-38)39-20-7-3-8-21-39/h2-37H,1H3/i2D,5D,6D,18D,19D. The number of hydrogen-bond donors (Lipinski definition) is 0. The first-order valence-electron chi connectivity index (χ1n) is 22.5. The fraction of sp³-hybridized carbons (Fsp3) is 0.0357. The molecule has 1 aromatic heterocycles. The number of nitrogens with zero attached hydrogens (tertiary/aromatic N) is 3. The molecule has 10 aromatic rings. The van der Waals surface area contributed by atoms with E-state index in [-0.39, 0.29) is 29.9 Å². The van der Waals surface area contributed by atoms with Crippen LogP contribution < -0.4 is 9.80 Å². The molecule has 59 heavy (non-hydrogen) atoms. The van der Waals surface area contributed by atoms with Gasteiger partial charge in [-0.1, -0.05) is 139 Å². The van der Waals surface area contributed by atoms with E-state index in [1.165, 1.54) is 44.1 Å².